The van der Waals surface area contributed by atoms with Gasteiger partial charge >= 0.3 is 0 Å². The molecule has 132 valence electrons. The second-order valence-electron chi connectivity index (χ2n) is 7.03. The molecular formula is C19H27NO4. The molecule has 1 aromatic carbocycles. The molecule has 4 rings (SSSR count). The molecule has 1 spiro atoms. The number of benzene rings is 1. The highest BCUT2D eigenvalue weighted by molar-refractivity contribution is 5.30. The van der Waals surface area contributed by atoms with Gasteiger partial charge in [-0.15, -0.1) is 0 Å². The van der Waals surface area contributed by atoms with Gasteiger partial charge in [0, 0.05) is 38.5 Å². The van der Waals surface area contributed by atoms with Crippen molar-refractivity contribution in [2.45, 2.75) is 43.0 Å². The van der Waals surface area contributed by atoms with Crippen LogP contribution in [-0.4, -0.2) is 57.8 Å². The maximum absolute atomic E-state index is 6.30. The average Bonchev–Trinajstić information content (AvgIpc) is 3.32. The van der Waals surface area contributed by atoms with Gasteiger partial charge in [-0.1, -0.05) is 12.1 Å². The summed E-state index contributed by atoms with van der Waals surface area (Å²) in [5, 5.41) is 3.46. The van der Waals surface area contributed by atoms with Crippen LogP contribution in [0.2, 0.25) is 0 Å². The lowest BCUT2D eigenvalue weighted by Crippen LogP contribution is -2.42. The molecular weight excluding hydrogens is 306 g/mol. The van der Waals surface area contributed by atoms with Gasteiger partial charge in [0.15, 0.2) is 0 Å². The fourth-order valence-corrected chi connectivity index (χ4v) is 4.04. The second-order valence-corrected chi connectivity index (χ2v) is 7.03. The molecule has 0 aromatic heterocycles. The Bertz CT molecular complexity index is 541. The molecule has 3 fully saturated rings. The van der Waals surface area contributed by atoms with Gasteiger partial charge < -0.3 is 24.3 Å². The normalized spacial score (nSPS) is 31.8. The van der Waals surface area contributed by atoms with Gasteiger partial charge in [-0.2, -0.15) is 0 Å². The number of nitrogens with one attached hydrogen (secondary N) is 1. The Kier molecular flexibility index (Phi) is 4.77. The first-order chi connectivity index (χ1) is 11.8. The van der Waals surface area contributed by atoms with Crippen LogP contribution < -0.4 is 10.1 Å². The molecule has 3 unspecified atom stereocenters. The predicted molar refractivity (Wildman–Crippen MR) is 90.6 cm³/mol. The highest BCUT2D eigenvalue weighted by Gasteiger charge is 2.56. The van der Waals surface area contributed by atoms with Crippen LogP contribution in [0.4, 0.5) is 0 Å². The fourth-order valence-electron chi connectivity index (χ4n) is 4.04. The summed E-state index contributed by atoms with van der Waals surface area (Å²) in [4.78, 5) is 0. The summed E-state index contributed by atoms with van der Waals surface area (Å²) in [5.41, 5.74) is 1.38. The van der Waals surface area contributed by atoms with Crippen molar-refractivity contribution in [3.8, 4) is 5.75 Å². The smallest absolute Gasteiger partial charge is 0.118 e. The van der Waals surface area contributed by atoms with Crippen molar-refractivity contribution in [2.24, 2.45) is 0 Å². The number of piperidine rings is 1. The van der Waals surface area contributed by atoms with E-state index >= 15 is 0 Å². The number of hydrogen-bond acceptors (Lipinski definition) is 5. The summed E-state index contributed by atoms with van der Waals surface area (Å²) in [5.74, 6) is 1.33. The molecule has 3 saturated heterocycles. The van der Waals surface area contributed by atoms with Gasteiger partial charge in [0.05, 0.1) is 19.8 Å². The molecule has 0 saturated carbocycles. The Morgan fingerprint density at radius 2 is 2.00 bits per heavy atom. The number of hydrogen-bond donors (Lipinski definition) is 1. The van der Waals surface area contributed by atoms with Crippen molar-refractivity contribution in [2.75, 3.05) is 40.0 Å². The first-order valence-electron chi connectivity index (χ1n) is 9.02. The molecule has 0 bridgehead atoms. The molecule has 24 heavy (non-hydrogen) atoms. The van der Waals surface area contributed by atoms with Gasteiger partial charge in [-0.3, -0.25) is 0 Å². The quantitative estimate of drug-likeness (QED) is 0.837. The van der Waals surface area contributed by atoms with Crippen molar-refractivity contribution >= 4 is 0 Å². The zero-order valence-electron chi connectivity index (χ0n) is 14.3. The Morgan fingerprint density at radius 1 is 1.21 bits per heavy atom. The first kappa shape index (κ1) is 16.3. The van der Waals surface area contributed by atoms with Crippen molar-refractivity contribution in [1.82, 2.24) is 5.32 Å². The van der Waals surface area contributed by atoms with Crippen LogP contribution in [0.1, 0.15) is 30.7 Å². The monoisotopic (exact) mass is 333 g/mol. The maximum atomic E-state index is 6.30. The molecule has 3 heterocycles. The second kappa shape index (κ2) is 7.00. The van der Waals surface area contributed by atoms with E-state index in [4.69, 9.17) is 18.9 Å². The van der Waals surface area contributed by atoms with Crippen molar-refractivity contribution < 1.29 is 18.9 Å². The van der Waals surface area contributed by atoms with E-state index in [1.165, 1.54) is 5.56 Å². The lowest BCUT2D eigenvalue weighted by atomic mass is 9.87. The molecule has 1 N–H and O–H groups in total. The van der Waals surface area contributed by atoms with E-state index in [0.717, 1.165) is 51.3 Å². The summed E-state index contributed by atoms with van der Waals surface area (Å²) in [7, 11) is 1.70. The van der Waals surface area contributed by atoms with E-state index in [2.05, 4.69) is 17.4 Å². The minimum Gasteiger partial charge on any atom is -0.497 e. The van der Waals surface area contributed by atoms with Gasteiger partial charge in [0.2, 0.25) is 0 Å². The Balaban J connectivity index is 1.35. The van der Waals surface area contributed by atoms with Crippen LogP contribution in [-0.2, 0) is 14.2 Å². The van der Waals surface area contributed by atoms with Crippen molar-refractivity contribution in [3.05, 3.63) is 29.8 Å². The highest BCUT2D eigenvalue weighted by Crippen LogP contribution is 2.45. The van der Waals surface area contributed by atoms with Crippen molar-refractivity contribution in [3.63, 3.8) is 0 Å². The Labute approximate surface area is 143 Å². The molecule has 5 heteroatoms. The fraction of sp³-hybridized carbons (Fsp3) is 0.684. The van der Waals surface area contributed by atoms with Gasteiger partial charge in [-0.05, 0) is 30.7 Å². The van der Waals surface area contributed by atoms with E-state index in [0.29, 0.717) is 12.5 Å². The van der Waals surface area contributed by atoms with Gasteiger partial charge in [-0.25, -0.2) is 0 Å². The lowest BCUT2D eigenvalue weighted by molar-refractivity contribution is 0.0135. The Morgan fingerprint density at radius 3 is 2.75 bits per heavy atom. The van der Waals surface area contributed by atoms with Gasteiger partial charge in [0.1, 0.15) is 17.5 Å². The van der Waals surface area contributed by atoms with Gasteiger partial charge in [0.25, 0.3) is 0 Å². The summed E-state index contributed by atoms with van der Waals surface area (Å²) in [6, 6.07) is 8.41. The molecule has 0 aliphatic carbocycles. The molecule has 3 atom stereocenters. The number of methoxy groups -OCH3 is 1. The van der Waals surface area contributed by atoms with Crippen LogP contribution in [0.15, 0.2) is 24.3 Å². The standard InChI is InChI=1S/C19H27NO4/c1-21-15-4-2-14(3-5-15)16-6-9-20-12-17(16)23-13-18-19(24-18)7-10-22-11-8-19/h2-5,16-18,20H,6-13H2,1H3. The zero-order valence-corrected chi connectivity index (χ0v) is 14.3. The Hall–Kier alpha value is -1.14. The van der Waals surface area contributed by atoms with Crippen LogP contribution in [0.3, 0.4) is 0 Å². The van der Waals surface area contributed by atoms with Crippen molar-refractivity contribution in [1.29, 1.82) is 0 Å². The first-order valence-corrected chi connectivity index (χ1v) is 9.02. The van der Waals surface area contributed by atoms with E-state index in [-0.39, 0.29) is 17.8 Å². The molecule has 3 aliphatic heterocycles. The molecule has 3 aliphatic rings. The predicted octanol–water partition coefficient (Wildman–Crippen LogP) is 2.11. The maximum Gasteiger partial charge on any atom is 0.118 e. The van der Waals surface area contributed by atoms with Crippen LogP contribution in [0, 0.1) is 0 Å². The van der Waals surface area contributed by atoms with E-state index < -0.39 is 0 Å². The topological polar surface area (TPSA) is 52.2 Å². The summed E-state index contributed by atoms with van der Waals surface area (Å²) in [6.45, 7) is 4.27. The zero-order chi connectivity index (χ0) is 16.4. The molecule has 0 amide bonds. The third kappa shape index (κ3) is 3.31. The van der Waals surface area contributed by atoms with Crippen LogP contribution in [0.5, 0.6) is 5.75 Å². The van der Waals surface area contributed by atoms with E-state index in [1.54, 1.807) is 7.11 Å². The molecule has 5 nitrogen and oxygen atoms in total. The minimum absolute atomic E-state index is 0.0515. The summed E-state index contributed by atoms with van der Waals surface area (Å²) in [6.07, 6.45) is 3.56. The van der Waals surface area contributed by atoms with Crippen LogP contribution in [0.25, 0.3) is 0 Å². The summed E-state index contributed by atoms with van der Waals surface area (Å²) < 4.78 is 23.0. The average molecular weight is 333 g/mol. The highest BCUT2D eigenvalue weighted by atomic mass is 16.6. The third-order valence-corrected chi connectivity index (χ3v) is 5.68. The number of epoxide rings is 1. The minimum atomic E-state index is 0.0515. The molecule has 1 aromatic rings. The SMILES string of the molecule is COc1ccc(C2CCNCC2OCC2OC23CCOCC3)cc1. The molecule has 0 radical (unpaired) electrons. The van der Waals surface area contributed by atoms with E-state index in [1.807, 2.05) is 12.1 Å². The third-order valence-electron chi connectivity index (χ3n) is 5.68. The largest absolute Gasteiger partial charge is 0.497 e. The van der Waals surface area contributed by atoms with E-state index in [9.17, 15) is 0 Å². The lowest BCUT2D eigenvalue weighted by Gasteiger charge is -2.32. The summed E-state index contributed by atoms with van der Waals surface area (Å²) >= 11 is 0. The number of rotatable bonds is 5. The number of ether oxygens (including phenoxy) is 4. The van der Waals surface area contributed by atoms with Crippen LogP contribution >= 0.6 is 0 Å².